The van der Waals surface area contributed by atoms with E-state index in [1.165, 1.54) is 0 Å². The Labute approximate surface area is 157 Å². The van der Waals surface area contributed by atoms with Crippen LogP contribution in [0.3, 0.4) is 0 Å². The normalized spacial score (nSPS) is 28.3. The van der Waals surface area contributed by atoms with Crippen molar-refractivity contribution in [3.05, 3.63) is 53.6 Å². The maximum Gasteiger partial charge on any atom is 0.283 e. The van der Waals surface area contributed by atoms with E-state index in [4.69, 9.17) is 24.9 Å². The third-order valence-corrected chi connectivity index (χ3v) is 5.72. The first-order chi connectivity index (χ1) is 13.2. The van der Waals surface area contributed by atoms with E-state index in [-0.39, 0.29) is 18.0 Å². The molecule has 1 spiro atoms. The van der Waals surface area contributed by atoms with Gasteiger partial charge >= 0.3 is 0 Å². The number of nitrogens with two attached hydrogens (primary N) is 1. The number of aliphatic imine (C=N–C) groups is 1. The Balaban J connectivity index is 1.66. The first kappa shape index (κ1) is 16.2. The van der Waals surface area contributed by atoms with E-state index >= 15 is 0 Å². The molecule has 0 radical (unpaired) electrons. The molecule has 3 atom stereocenters. The van der Waals surface area contributed by atoms with Gasteiger partial charge in [-0.25, -0.2) is 4.99 Å². The minimum absolute atomic E-state index is 0.0581. The van der Waals surface area contributed by atoms with Crippen LogP contribution in [0, 0.1) is 17.2 Å². The third kappa shape index (κ3) is 2.47. The zero-order valence-corrected chi connectivity index (χ0v) is 14.7. The number of rotatable bonds is 1. The van der Waals surface area contributed by atoms with Gasteiger partial charge < -0.3 is 19.9 Å². The minimum Gasteiger partial charge on any atom is -0.487 e. The summed E-state index contributed by atoms with van der Waals surface area (Å²) >= 11 is 0. The average Bonchev–Trinajstić information content (AvgIpc) is 3.10. The van der Waals surface area contributed by atoms with E-state index in [2.05, 4.69) is 12.1 Å². The van der Waals surface area contributed by atoms with Crippen LogP contribution in [0.2, 0.25) is 0 Å². The van der Waals surface area contributed by atoms with Crippen molar-refractivity contribution < 1.29 is 14.2 Å². The molecule has 3 heterocycles. The van der Waals surface area contributed by atoms with Gasteiger partial charge in [-0.2, -0.15) is 5.26 Å². The van der Waals surface area contributed by atoms with E-state index in [0.717, 1.165) is 28.9 Å². The first-order valence-corrected chi connectivity index (χ1v) is 9.07. The summed E-state index contributed by atoms with van der Waals surface area (Å²) in [6, 6.07) is 16.1. The van der Waals surface area contributed by atoms with E-state index in [9.17, 15) is 5.26 Å². The number of fused-ring (bicyclic) bond motifs is 4. The molecule has 0 amide bonds. The van der Waals surface area contributed by atoms with Crippen LogP contribution in [0.5, 0.6) is 5.75 Å². The van der Waals surface area contributed by atoms with E-state index < -0.39 is 5.54 Å². The number of amidine groups is 1. The van der Waals surface area contributed by atoms with Crippen molar-refractivity contribution in [1.82, 2.24) is 0 Å². The summed E-state index contributed by atoms with van der Waals surface area (Å²) in [4.78, 5) is 4.76. The molecule has 2 aromatic rings. The monoisotopic (exact) mass is 361 g/mol. The van der Waals surface area contributed by atoms with Crippen LogP contribution in [0.4, 0.5) is 0 Å². The van der Waals surface area contributed by atoms with Crippen molar-refractivity contribution >= 4 is 6.02 Å². The molecule has 6 heteroatoms. The van der Waals surface area contributed by atoms with Gasteiger partial charge in [0.05, 0.1) is 18.2 Å². The molecule has 6 nitrogen and oxygen atoms in total. The summed E-state index contributed by atoms with van der Waals surface area (Å²) in [5.74, 6) is 0.949. The second-order valence-corrected chi connectivity index (χ2v) is 7.19. The third-order valence-electron chi connectivity index (χ3n) is 5.72. The number of hydrogen-bond donors (Lipinski definition) is 1. The Kier molecular flexibility index (Phi) is 3.59. The fraction of sp³-hybridized carbons (Fsp3) is 0.333. The maximum absolute atomic E-state index is 9.20. The van der Waals surface area contributed by atoms with Crippen LogP contribution in [-0.2, 0) is 15.0 Å². The largest absolute Gasteiger partial charge is 0.487 e. The van der Waals surface area contributed by atoms with Gasteiger partial charge in [-0.3, -0.25) is 0 Å². The van der Waals surface area contributed by atoms with Crippen LogP contribution >= 0.6 is 0 Å². The van der Waals surface area contributed by atoms with Gasteiger partial charge in [0.1, 0.15) is 24.0 Å². The van der Waals surface area contributed by atoms with Crippen molar-refractivity contribution in [1.29, 1.82) is 5.26 Å². The lowest BCUT2D eigenvalue weighted by atomic mass is 9.71. The van der Waals surface area contributed by atoms with Crippen LogP contribution in [0.1, 0.15) is 17.5 Å². The molecule has 0 bridgehead atoms. The van der Waals surface area contributed by atoms with Gasteiger partial charge in [0.15, 0.2) is 0 Å². The number of benzene rings is 2. The molecule has 0 aliphatic carbocycles. The highest BCUT2D eigenvalue weighted by atomic mass is 16.5. The molecule has 3 aliphatic rings. The maximum atomic E-state index is 9.20. The van der Waals surface area contributed by atoms with E-state index in [1.54, 1.807) is 6.07 Å². The lowest BCUT2D eigenvalue weighted by Crippen LogP contribution is -2.52. The Hall–Kier alpha value is -3.04. The molecular weight excluding hydrogens is 342 g/mol. The molecule has 27 heavy (non-hydrogen) atoms. The highest BCUT2D eigenvalue weighted by Gasteiger charge is 2.54. The summed E-state index contributed by atoms with van der Waals surface area (Å²) in [5.41, 5.74) is 9.00. The molecule has 0 aromatic heterocycles. The summed E-state index contributed by atoms with van der Waals surface area (Å²) in [7, 11) is 0. The Morgan fingerprint density at radius 2 is 2.07 bits per heavy atom. The predicted octanol–water partition coefficient (Wildman–Crippen LogP) is 2.56. The zero-order chi connectivity index (χ0) is 18.4. The lowest BCUT2D eigenvalue weighted by molar-refractivity contribution is -0.0732. The smallest absolute Gasteiger partial charge is 0.283 e. The SMILES string of the molecule is N#Cc1cccc(-c2ccc3c(c2)[C@]2(COC(N)=N2)[C@@H]2CCOC[C@H]2O3)c1. The van der Waals surface area contributed by atoms with Crippen LogP contribution < -0.4 is 10.5 Å². The van der Waals surface area contributed by atoms with Crippen LogP contribution in [0.15, 0.2) is 47.5 Å². The number of nitrogens with zero attached hydrogens (tertiary/aromatic N) is 2. The van der Waals surface area contributed by atoms with Crippen molar-refractivity contribution in [2.75, 3.05) is 19.8 Å². The molecule has 1 fully saturated rings. The first-order valence-electron chi connectivity index (χ1n) is 9.07. The Morgan fingerprint density at radius 3 is 2.89 bits per heavy atom. The van der Waals surface area contributed by atoms with Gasteiger partial charge in [0.2, 0.25) is 0 Å². The molecule has 0 unspecified atom stereocenters. The quantitative estimate of drug-likeness (QED) is 0.843. The van der Waals surface area contributed by atoms with Crippen molar-refractivity contribution in [2.45, 2.75) is 18.1 Å². The van der Waals surface area contributed by atoms with Crippen LogP contribution in [-0.4, -0.2) is 31.9 Å². The number of ether oxygens (including phenoxy) is 3. The fourth-order valence-electron chi connectivity index (χ4n) is 4.43. The summed E-state index contributed by atoms with van der Waals surface area (Å²) in [6.07, 6.45) is 0.788. The molecular formula is C21H19N3O3. The predicted molar refractivity (Wildman–Crippen MR) is 99.2 cm³/mol. The topological polar surface area (TPSA) is 89.9 Å². The van der Waals surface area contributed by atoms with Gasteiger partial charge in [0, 0.05) is 18.1 Å². The fourth-order valence-corrected chi connectivity index (χ4v) is 4.43. The number of hydrogen-bond acceptors (Lipinski definition) is 6. The van der Waals surface area contributed by atoms with E-state index in [0.29, 0.717) is 25.4 Å². The molecule has 2 N–H and O–H groups in total. The van der Waals surface area contributed by atoms with Crippen LogP contribution in [0.25, 0.3) is 11.1 Å². The van der Waals surface area contributed by atoms with Crippen molar-refractivity contribution in [3.8, 4) is 22.9 Å². The molecule has 3 aliphatic heterocycles. The second kappa shape index (κ2) is 6.00. The molecule has 0 saturated carbocycles. The summed E-state index contributed by atoms with van der Waals surface area (Å²) < 4.78 is 17.5. The molecule has 1 saturated heterocycles. The van der Waals surface area contributed by atoms with E-state index in [1.807, 2.05) is 30.3 Å². The Bertz CT molecular complexity index is 981. The Morgan fingerprint density at radius 1 is 1.19 bits per heavy atom. The summed E-state index contributed by atoms with van der Waals surface area (Å²) in [6.45, 7) is 1.65. The lowest BCUT2D eigenvalue weighted by Gasteiger charge is -2.46. The molecule has 5 rings (SSSR count). The van der Waals surface area contributed by atoms with Gasteiger partial charge in [-0.1, -0.05) is 18.2 Å². The standard InChI is InChI=1S/C21H19N3O3/c22-10-13-2-1-3-14(8-13)15-4-5-18-17(9-15)21(12-26-20(23)24-21)16-6-7-25-11-19(16)27-18/h1-5,8-9,16,19H,6-7,11-12H2,(H2,23,24)/t16-,19-,21+/m1/s1. The molecule has 2 aromatic carbocycles. The van der Waals surface area contributed by atoms with Crippen molar-refractivity contribution in [2.24, 2.45) is 16.6 Å². The van der Waals surface area contributed by atoms with Gasteiger partial charge in [-0.05, 0) is 41.8 Å². The highest BCUT2D eigenvalue weighted by molar-refractivity contribution is 5.75. The number of nitriles is 1. The zero-order valence-electron chi connectivity index (χ0n) is 14.7. The van der Waals surface area contributed by atoms with Gasteiger partial charge in [0.25, 0.3) is 6.02 Å². The molecule has 136 valence electrons. The van der Waals surface area contributed by atoms with Crippen molar-refractivity contribution in [3.63, 3.8) is 0 Å². The summed E-state index contributed by atoms with van der Waals surface area (Å²) in [5, 5.41) is 9.20. The highest BCUT2D eigenvalue weighted by Crippen LogP contribution is 2.51. The second-order valence-electron chi connectivity index (χ2n) is 7.19. The minimum atomic E-state index is -0.547. The van der Waals surface area contributed by atoms with Gasteiger partial charge in [-0.15, -0.1) is 0 Å². The average molecular weight is 361 g/mol.